The third-order valence-electron chi connectivity index (χ3n) is 5.97. The molecule has 1 fully saturated rings. The van der Waals surface area contributed by atoms with E-state index in [1.165, 1.54) is 0 Å². The Morgan fingerprint density at radius 3 is 2.28 bits per heavy atom. The second-order valence-corrected chi connectivity index (χ2v) is 15.7. The Bertz CT molecular complexity index is 771. The molecule has 1 aliphatic rings. The van der Waals surface area contributed by atoms with Crippen molar-refractivity contribution in [2.24, 2.45) is 0 Å². The highest BCUT2D eigenvalue weighted by Crippen LogP contribution is 2.38. The number of ether oxygens (including phenoxy) is 2. The summed E-state index contributed by atoms with van der Waals surface area (Å²) in [5.74, 6) is 0. The molecular formula is C24H40N2O5Si. The van der Waals surface area contributed by atoms with Gasteiger partial charge in [0.15, 0.2) is 8.32 Å². The highest BCUT2D eigenvalue weighted by molar-refractivity contribution is 6.74. The lowest BCUT2D eigenvalue weighted by Gasteiger charge is -2.45. The first kappa shape index (κ1) is 26.2. The zero-order chi connectivity index (χ0) is 24.2. The van der Waals surface area contributed by atoms with E-state index >= 15 is 0 Å². The molecule has 0 saturated carbocycles. The van der Waals surface area contributed by atoms with Crippen LogP contribution in [0.3, 0.4) is 0 Å². The van der Waals surface area contributed by atoms with Crippen LogP contribution in [0.15, 0.2) is 30.3 Å². The molecule has 1 aliphatic heterocycles. The van der Waals surface area contributed by atoms with Gasteiger partial charge in [0.25, 0.3) is 0 Å². The molecule has 1 saturated heterocycles. The number of carbonyl (C=O) groups is 2. The Morgan fingerprint density at radius 2 is 1.72 bits per heavy atom. The van der Waals surface area contributed by atoms with Crippen molar-refractivity contribution in [2.45, 2.75) is 90.4 Å². The van der Waals surface area contributed by atoms with Crippen molar-refractivity contribution in [2.75, 3.05) is 13.1 Å². The quantitative estimate of drug-likeness (QED) is 0.597. The molecule has 2 rings (SSSR count). The van der Waals surface area contributed by atoms with E-state index in [0.717, 1.165) is 5.56 Å². The van der Waals surface area contributed by atoms with Gasteiger partial charge in [-0.25, -0.2) is 9.59 Å². The second-order valence-electron chi connectivity index (χ2n) is 10.9. The molecule has 32 heavy (non-hydrogen) atoms. The number of benzene rings is 1. The number of nitrogens with one attached hydrogen (secondary N) is 1. The third-order valence-corrected chi connectivity index (χ3v) is 10.5. The fourth-order valence-corrected chi connectivity index (χ4v) is 4.59. The number of piperidine rings is 1. The van der Waals surface area contributed by atoms with Crippen molar-refractivity contribution in [1.82, 2.24) is 10.2 Å². The first-order valence-electron chi connectivity index (χ1n) is 11.3. The fourth-order valence-electron chi connectivity index (χ4n) is 3.20. The summed E-state index contributed by atoms with van der Waals surface area (Å²) in [6.07, 6.45) is -0.476. The minimum Gasteiger partial charge on any atom is -0.445 e. The predicted octanol–water partition coefficient (Wildman–Crippen LogP) is 5.31. The third kappa shape index (κ3) is 7.81. The Hall–Kier alpha value is -2.06. The van der Waals surface area contributed by atoms with E-state index < -0.39 is 26.1 Å². The van der Waals surface area contributed by atoms with Gasteiger partial charge in [-0.15, -0.1) is 0 Å². The molecule has 0 aliphatic carbocycles. The number of hydrogen-bond donors (Lipinski definition) is 1. The van der Waals surface area contributed by atoms with Gasteiger partial charge in [-0.3, -0.25) is 0 Å². The summed E-state index contributed by atoms with van der Waals surface area (Å²) < 4.78 is 17.6. The van der Waals surface area contributed by atoms with Crippen LogP contribution in [0.1, 0.15) is 53.5 Å². The van der Waals surface area contributed by atoms with E-state index in [1.54, 1.807) is 4.90 Å². The first-order chi connectivity index (χ1) is 14.7. The molecule has 0 radical (unpaired) electrons. The molecular weight excluding hydrogens is 424 g/mol. The van der Waals surface area contributed by atoms with Crippen molar-refractivity contribution in [3.63, 3.8) is 0 Å². The van der Waals surface area contributed by atoms with Crippen LogP contribution in [0.5, 0.6) is 0 Å². The molecule has 0 aromatic heterocycles. The molecule has 1 aromatic carbocycles. The van der Waals surface area contributed by atoms with Gasteiger partial charge in [0.1, 0.15) is 12.2 Å². The lowest BCUT2D eigenvalue weighted by Crippen LogP contribution is -2.60. The normalized spacial score (nSPS) is 19.9. The van der Waals surface area contributed by atoms with Crippen LogP contribution < -0.4 is 5.32 Å². The van der Waals surface area contributed by atoms with E-state index in [4.69, 9.17) is 13.9 Å². The van der Waals surface area contributed by atoms with Crippen LogP contribution in [-0.4, -0.2) is 56.2 Å². The lowest BCUT2D eigenvalue weighted by molar-refractivity contribution is 0.0213. The average molecular weight is 465 g/mol. The smallest absolute Gasteiger partial charge is 0.410 e. The maximum absolute atomic E-state index is 12.7. The van der Waals surface area contributed by atoms with Crippen LogP contribution in [-0.2, 0) is 20.5 Å². The molecule has 0 spiro atoms. The van der Waals surface area contributed by atoms with Crippen LogP contribution in [0.2, 0.25) is 18.1 Å². The Morgan fingerprint density at radius 1 is 1.09 bits per heavy atom. The summed E-state index contributed by atoms with van der Waals surface area (Å²) >= 11 is 0. The predicted molar refractivity (Wildman–Crippen MR) is 128 cm³/mol. The Balaban J connectivity index is 2.08. The average Bonchev–Trinajstić information content (AvgIpc) is 2.65. The molecule has 1 heterocycles. The van der Waals surface area contributed by atoms with Gasteiger partial charge in [0.2, 0.25) is 0 Å². The molecule has 2 amide bonds. The summed E-state index contributed by atoms with van der Waals surface area (Å²) in [6.45, 7) is 17.5. The zero-order valence-electron chi connectivity index (χ0n) is 20.9. The van der Waals surface area contributed by atoms with Gasteiger partial charge < -0.3 is 24.1 Å². The Labute approximate surface area is 193 Å². The standard InChI is InChI=1S/C24H40N2O5Si/c1-23(2,3)30-21(27)25-19-16-26(22(28)29-17-18-12-10-9-11-13-18)15-14-20(19)31-32(7,8)24(4,5)6/h9-13,19-20H,14-17H2,1-8H3,(H,25,27)/t19-,20-/m0/s1. The van der Waals surface area contributed by atoms with Crippen LogP contribution in [0.25, 0.3) is 0 Å². The summed E-state index contributed by atoms with van der Waals surface area (Å²) in [7, 11) is -2.07. The van der Waals surface area contributed by atoms with Gasteiger partial charge >= 0.3 is 12.2 Å². The van der Waals surface area contributed by atoms with Crippen molar-refractivity contribution in [3.05, 3.63) is 35.9 Å². The van der Waals surface area contributed by atoms with E-state index in [0.29, 0.717) is 19.5 Å². The zero-order valence-corrected chi connectivity index (χ0v) is 21.9. The van der Waals surface area contributed by atoms with E-state index in [-0.39, 0.29) is 23.8 Å². The number of alkyl carbamates (subject to hydrolysis) is 1. The highest BCUT2D eigenvalue weighted by Gasteiger charge is 2.43. The van der Waals surface area contributed by atoms with Gasteiger partial charge in [0, 0.05) is 13.1 Å². The fraction of sp³-hybridized carbons (Fsp3) is 0.667. The van der Waals surface area contributed by atoms with Gasteiger partial charge in [-0.2, -0.15) is 0 Å². The molecule has 8 heteroatoms. The minimum absolute atomic E-state index is 0.0369. The summed E-state index contributed by atoms with van der Waals surface area (Å²) in [5.41, 5.74) is 0.323. The number of rotatable bonds is 5. The second kappa shape index (κ2) is 10.3. The topological polar surface area (TPSA) is 77.1 Å². The summed E-state index contributed by atoms with van der Waals surface area (Å²) in [6, 6.07) is 9.20. The van der Waals surface area contributed by atoms with Crippen molar-refractivity contribution in [3.8, 4) is 0 Å². The number of nitrogens with zero attached hydrogens (tertiary/aromatic N) is 1. The Kier molecular flexibility index (Phi) is 8.39. The number of hydrogen-bond acceptors (Lipinski definition) is 5. The first-order valence-corrected chi connectivity index (χ1v) is 14.2. The SMILES string of the molecule is CC(C)(C)OC(=O)N[C@H]1CN(C(=O)OCc2ccccc2)CC[C@@H]1O[Si](C)(C)C(C)(C)C. The summed E-state index contributed by atoms with van der Waals surface area (Å²) in [4.78, 5) is 26.9. The van der Waals surface area contributed by atoms with Crippen molar-refractivity contribution in [1.29, 1.82) is 0 Å². The highest BCUT2D eigenvalue weighted by atomic mass is 28.4. The lowest BCUT2D eigenvalue weighted by atomic mass is 10.0. The molecule has 180 valence electrons. The molecule has 0 bridgehead atoms. The van der Waals surface area contributed by atoms with Crippen molar-refractivity contribution < 1.29 is 23.5 Å². The van der Waals surface area contributed by atoms with Gasteiger partial charge in [-0.05, 0) is 50.9 Å². The van der Waals surface area contributed by atoms with E-state index in [9.17, 15) is 9.59 Å². The molecule has 2 atom stereocenters. The molecule has 7 nitrogen and oxygen atoms in total. The maximum Gasteiger partial charge on any atom is 0.410 e. The van der Waals surface area contributed by atoms with Crippen molar-refractivity contribution >= 4 is 20.5 Å². The monoisotopic (exact) mass is 464 g/mol. The van der Waals surface area contributed by atoms with Gasteiger partial charge in [-0.1, -0.05) is 51.1 Å². The molecule has 0 unspecified atom stereocenters. The minimum atomic E-state index is -2.07. The molecule has 1 N–H and O–H groups in total. The van der Waals surface area contributed by atoms with Crippen LogP contribution in [0.4, 0.5) is 9.59 Å². The van der Waals surface area contributed by atoms with E-state index in [1.807, 2.05) is 51.1 Å². The maximum atomic E-state index is 12.7. The van der Waals surface area contributed by atoms with Gasteiger partial charge in [0.05, 0.1) is 12.1 Å². The number of amides is 2. The number of carbonyl (C=O) groups excluding carboxylic acids is 2. The summed E-state index contributed by atoms with van der Waals surface area (Å²) in [5, 5.41) is 2.98. The van der Waals surface area contributed by atoms with E-state index in [2.05, 4.69) is 39.2 Å². The number of likely N-dealkylation sites (tertiary alicyclic amines) is 1. The largest absolute Gasteiger partial charge is 0.445 e. The van der Waals surface area contributed by atoms with Crippen LogP contribution in [0, 0.1) is 0 Å². The van der Waals surface area contributed by atoms with Crippen LogP contribution >= 0.6 is 0 Å². The molecule has 1 aromatic rings.